The van der Waals surface area contributed by atoms with Gasteiger partial charge >= 0.3 is 0 Å². The van der Waals surface area contributed by atoms with Crippen molar-refractivity contribution in [3.8, 4) is 0 Å². The molecule has 1 heterocycles. The van der Waals surface area contributed by atoms with E-state index >= 15 is 0 Å². The first-order chi connectivity index (χ1) is 10.1. The average molecular weight is 290 g/mol. The van der Waals surface area contributed by atoms with Gasteiger partial charge in [0.25, 0.3) is 5.91 Å². The fourth-order valence-corrected chi connectivity index (χ4v) is 3.35. The van der Waals surface area contributed by atoms with Crippen molar-refractivity contribution in [2.75, 3.05) is 6.54 Å². The van der Waals surface area contributed by atoms with Gasteiger partial charge in [0.15, 0.2) is 0 Å². The molecule has 2 fully saturated rings. The molecule has 116 valence electrons. The summed E-state index contributed by atoms with van der Waals surface area (Å²) < 4.78 is 1.76. The van der Waals surface area contributed by atoms with E-state index < -0.39 is 0 Å². The van der Waals surface area contributed by atoms with Gasteiger partial charge in [-0.15, -0.1) is 0 Å². The number of nitrogens with two attached hydrogens (primary N) is 1. The Morgan fingerprint density at radius 2 is 2.10 bits per heavy atom. The van der Waals surface area contributed by atoms with Crippen molar-refractivity contribution in [3.05, 3.63) is 17.5 Å². The zero-order chi connectivity index (χ0) is 14.8. The van der Waals surface area contributed by atoms with Crippen LogP contribution in [0, 0.1) is 5.92 Å². The number of amides is 1. The minimum atomic E-state index is -0.0141. The number of rotatable bonds is 5. The molecular weight excluding hydrogens is 264 g/mol. The molecule has 0 saturated heterocycles. The van der Waals surface area contributed by atoms with Gasteiger partial charge < -0.3 is 11.1 Å². The van der Waals surface area contributed by atoms with Gasteiger partial charge in [-0.2, -0.15) is 5.10 Å². The largest absolute Gasteiger partial charge is 0.350 e. The van der Waals surface area contributed by atoms with Crippen LogP contribution in [-0.4, -0.2) is 28.3 Å². The Morgan fingerprint density at radius 3 is 2.76 bits per heavy atom. The Kier molecular flexibility index (Phi) is 4.29. The highest BCUT2D eigenvalue weighted by Gasteiger charge is 2.29. The van der Waals surface area contributed by atoms with Crippen LogP contribution in [0.5, 0.6) is 0 Å². The lowest BCUT2D eigenvalue weighted by molar-refractivity contribution is 0.0948. The molecule has 0 spiro atoms. The lowest BCUT2D eigenvalue weighted by Gasteiger charge is -2.21. The summed E-state index contributed by atoms with van der Waals surface area (Å²) in [6, 6.07) is 0.101. The molecule has 1 atom stereocenters. The minimum Gasteiger partial charge on any atom is -0.350 e. The Balaban J connectivity index is 1.66. The number of hydrogen-bond donors (Lipinski definition) is 2. The van der Waals surface area contributed by atoms with Crippen LogP contribution >= 0.6 is 0 Å². The monoisotopic (exact) mass is 290 g/mol. The van der Waals surface area contributed by atoms with Gasteiger partial charge in [-0.05, 0) is 31.6 Å². The molecule has 2 aliphatic carbocycles. The topological polar surface area (TPSA) is 72.9 Å². The number of carbonyl (C=O) groups is 1. The van der Waals surface area contributed by atoms with Crippen LogP contribution in [0.3, 0.4) is 0 Å². The molecule has 5 nitrogen and oxygen atoms in total. The first-order valence-electron chi connectivity index (χ1n) is 8.22. The molecule has 1 aromatic heterocycles. The molecule has 1 aromatic rings. The van der Waals surface area contributed by atoms with Crippen molar-refractivity contribution in [1.29, 1.82) is 0 Å². The quantitative estimate of drug-likeness (QED) is 0.870. The van der Waals surface area contributed by atoms with Crippen LogP contribution in [0.4, 0.5) is 0 Å². The summed E-state index contributed by atoms with van der Waals surface area (Å²) in [4.78, 5) is 12.4. The van der Waals surface area contributed by atoms with Crippen molar-refractivity contribution in [2.45, 2.75) is 56.9 Å². The smallest absolute Gasteiger partial charge is 0.254 e. The molecule has 21 heavy (non-hydrogen) atoms. The van der Waals surface area contributed by atoms with Gasteiger partial charge in [0.05, 0.1) is 11.3 Å². The Morgan fingerprint density at radius 1 is 1.38 bits per heavy atom. The molecule has 1 unspecified atom stereocenters. The summed E-state index contributed by atoms with van der Waals surface area (Å²) >= 11 is 0. The zero-order valence-corrected chi connectivity index (χ0v) is 12.8. The van der Waals surface area contributed by atoms with E-state index in [-0.39, 0.29) is 11.9 Å². The van der Waals surface area contributed by atoms with Crippen LogP contribution in [0.1, 0.15) is 66.9 Å². The summed E-state index contributed by atoms with van der Waals surface area (Å²) in [5.74, 6) is 1.04. The fraction of sp³-hybridized carbons (Fsp3) is 0.750. The molecule has 0 aromatic carbocycles. The van der Waals surface area contributed by atoms with E-state index in [4.69, 9.17) is 5.73 Å². The minimum absolute atomic E-state index is 0.0141. The third kappa shape index (κ3) is 3.46. The molecule has 2 saturated carbocycles. The van der Waals surface area contributed by atoms with Gasteiger partial charge in [0.2, 0.25) is 0 Å². The van der Waals surface area contributed by atoms with Crippen molar-refractivity contribution in [3.63, 3.8) is 0 Å². The second-order valence-electron chi connectivity index (χ2n) is 6.65. The molecule has 0 bridgehead atoms. The second-order valence-corrected chi connectivity index (χ2v) is 6.65. The number of nitrogens with one attached hydrogen (secondary N) is 1. The van der Waals surface area contributed by atoms with Gasteiger partial charge in [-0.3, -0.25) is 9.48 Å². The van der Waals surface area contributed by atoms with Crippen molar-refractivity contribution in [1.82, 2.24) is 15.1 Å². The molecule has 2 aliphatic rings. The summed E-state index contributed by atoms with van der Waals surface area (Å²) in [7, 11) is 1.89. The predicted molar refractivity (Wildman–Crippen MR) is 82.1 cm³/mol. The van der Waals surface area contributed by atoms with Crippen molar-refractivity contribution < 1.29 is 4.79 Å². The van der Waals surface area contributed by atoms with Crippen LogP contribution < -0.4 is 11.1 Å². The molecule has 5 heteroatoms. The molecule has 3 N–H and O–H groups in total. The molecular formula is C16H26N4O. The third-order valence-electron chi connectivity index (χ3n) is 4.82. The lowest BCUT2D eigenvalue weighted by Crippen LogP contribution is -2.38. The third-order valence-corrected chi connectivity index (χ3v) is 4.82. The van der Waals surface area contributed by atoms with Gasteiger partial charge in [-0.1, -0.05) is 19.3 Å². The van der Waals surface area contributed by atoms with E-state index in [1.165, 1.54) is 32.1 Å². The highest BCUT2D eigenvalue weighted by Crippen LogP contribution is 2.33. The highest BCUT2D eigenvalue weighted by molar-refractivity contribution is 5.95. The fourth-order valence-electron chi connectivity index (χ4n) is 3.35. The maximum absolute atomic E-state index is 12.4. The summed E-state index contributed by atoms with van der Waals surface area (Å²) in [5.41, 5.74) is 7.78. The maximum Gasteiger partial charge on any atom is 0.254 e. The standard InChI is InChI=1S/C16H26N4O/c1-20-10-13(15(19-20)12-5-3-2-4-6-12)16(21)18-9-14(17)11-7-8-11/h10-12,14H,2-9,17H2,1H3,(H,18,21). The van der Waals surface area contributed by atoms with E-state index in [0.29, 0.717) is 18.4 Å². The Labute approximate surface area is 126 Å². The number of aryl methyl sites for hydroxylation is 1. The predicted octanol–water partition coefficient (Wildman–Crippen LogP) is 1.93. The lowest BCUT2D eigenvalue weighted by atomic mass is 9.85. The summed E-state index contributed by atoms with van der Waals surface area (Å²) in [6.45, 7) is 0.572. The van der Waals surface area contributed by atoms with Gasteiger partial charge in [-0.25, -0.2) is 0 Å². The van der Waals surface area contributed by atoms with E-state index in [1.807, 2.05) is 13.2 Å². The zero-order valence-electron chi connectivity index (χ0n) is 12.8. The molecule has 0 aliphatic heterocycles. The van der Waals surface area contributed by atoms with Gasteiger partial charge in [0.1, 0.15) is 0 Å². The Hall–Kier alpha value is -1.36. The van der Waals surface area contributed by atoms with E-state index in [9.17, 15) is 4.79 Å². The maximum atomic E-state index is 12.4. The van der Waals surface area contributed by atoms with Crippen LogP contribution in [-0.2, 0) is 7.05 Å². The van der Waals surface area contributed by atoms with E-state index in [2.05, 4.69) is 10.4 Å². The summed E-state index contributed by atoms with van der Waals surface area (Å²) in [5, 5.41) is 7.55. The van der Waals surface area contributed by atoms with Crippen molar-refractivity contribution in [2.24, 2.45) is 18.7 Å². The van der Waals surface area contributed by atoms with Crippen LogP contribution in [0.25, 0.3) is 0 Å². The SMILES string of the molecule is Cn1cc(C(=O)NCC(N)C2CC2)c(C2CCCCC2)n1. The molecule has 0 radical (unpaired) electrons. The van der Waals surface area contributed by atoms with Gasteiger partial charge in [0, 0.05) is 31.7 Å². The van der Waals surface area contributed by atoms with E-state index in [0.717, 1.165) is 24.1 Å². The van der Waals surface area contributed by atoms with Crippen LogP contribution in [0.15, 0.2) is 6.20 Å². The number of hydrogen-bond acceptors (Lipinski definition) is 3. The normalized spacial score (nSPS) is 21.2. The second kappa shape index (κ2) is 6.18. The first kappa shape index (κ1) is 14.6. The number of nitrogens with zero attached hydrogens (tertiary/aromatic N) is 2. The highest BCUT2D eigenvalue weighted by atomic mass is 16.1. The van der Waals surface area contributed by atoms with Crippen LogP contribution in [0.2, 0.25) is 0 Å². The van der Waals surface area contributed by atoms with Crippen molar-refractivity contribution >= 4 is 5.91 Å². The molecule has 3 rings (SSSR count). The first-order valence-corrected chi connectivity index (χ1v) is 8.22. The summed E-state index contributed by atoms with van der Waals surface area (Å²) in [6.07, 6.45) is 10.4. The number of aromatic nitrogens is 2. The Bertz CT molecular complexity index is 500. The molecule has 1 amide bonds. The number of carbonyl (C=O) groups excluding carboxylic acids is 1. The van der Waals surface area contributed by atoms with E-state index in [1.54, 1.807) is 4.68 Å². The average Bonchev–Trinajstić information content (AvgIpc) is 3.28.